The lowest BCUT2D eigenvalue weighted by atomic mass is 10.2. The highest BCUT2D eigenvalue weighted by Crippen LogP contribution is 2.23. The number of hydrogen-bond acceptors (Lipinski definition) is 2. The van der Waals surface area contributed by atoms with Crippen LogP contribution in [0.25, 0.3) is 0 Å². The molecule has 0 radical (unpaired) electrons. The van der Waals surface area contributed by atoms with Crippen molar-refractivity contribution in [2.75, 3.05) is 26.2 Å². The van der Waals surface area contributed by atoms with Crippen LogP contribution >= 0.6 is 27.5 Å². The van der Waals surface area contributed by atoms with Crippen molar-refractivity contribution in [1.82, 2.24) is 9.80 Å². The molecule has 1 heterocycles. The molecule has 3 nitrogen and oxygen atoms in total. The Morgan fingerprint density at radius 3 is 2.70 bits per heavy atom. The topological polar surface area (TPSA) is 23.6 Å². The predicted molar refractivity (Wildman–Crippen MR) is 86.4 cm³/mol. The Kier molecular flexibility index (Phi) is 5.47. The highest BCUT2D eigenvalue weighted by Gasteiger charge is 2.29. The van der Waals surface area contributed by atoms with Gasteiger partial charge in [0.15, 0.2) is 0 Å². The Bertz CT molecular complexity index is 471. The van der Waals surface area contributed by atoms with Crippen molar-refractivity contribution < 1.29 is 4.79 Å². The summed E-state index contributed by atoms with van der Waals surface area (Å²) in [6.45, 7) is 8.04. The molecule has 1 aromatic rings. The van der Waals surface area contributed by atoms with Crippen molar-refractivity contribution in [3.63, 3.8) is 0 Å². The molecule has 0 aromatic heterocycles. The fourth-order valence-electron chi connectivity index (χ4n) is 2.82. The Hall–Kier alpha value is -0.580. The van der Waals surface area contributed by atoms with Gasteiger partial charge in [-0.25, -0.2) is 0 Å². The summed E-state index contributed by atoms with van der Waals surface area (Å²) >= 11 is 9.40. The second-order valence-electron chi connectivity index (χ2n) is 5.07. The zero-order chi connectivity index (χ0) is 14.7. The summed E-state index contributed by atoms with van der Waals surface area (Å²) in [4.78, 5) is 16.9. The number of nitrogens with zero attached hydrogens (tertiary/aromatic N) is 2. The summed E-state index contributed by atoms with van der Waals surface area (Å²) in [6, 6.07) is 5.84. The van der Waals surface area contributed by atoms with E-state index in [-0.39, 0.29) is 5.91 Å². The molecular formula is C15H20BrClN2O. The van der Waals surface area contributed by atoms with Crippen LogP contribution in [-0.2, 0) is 0 Å². The number of likely N-dealkylation sites (tertiary alicyclic amines) is 1. The summed E-state index contributed by atoms with van der Waals surface area (Å²) in [6.07, 6.45) is 1.05. The van der Waals surface area contributed by atoms with E-state index in [0.717, 1.165) is 37.1 Å². The maximum atomic E-state index is 12.5. The van der Waals surface area contributed by atoms with Gasteiger partial charge >= 0.3 is 0 Å². The molecule has 1 fully saturated rings. The average molecular weight is 360 g/mol. The van der Waals surface area contributed by atoms with Gasteiger partial charge in [0.1, 0.15) is 0 Å². The second kappa shape index (κ2) is 6.92. The van der Waals surface area contributed by atoms with E-state index in [1.165, 1.54) is 0 Å². The maximum absolute atomic E-state index is 12.5. The summed E-state index contributed by atoms with van der Waals surface area (Å²) in [5, 5.41) is 0.585. The Morgan fingerprint density at radius 2 is 2.10 bits per heavy atom. The fraction of sp³-hybridized carbons (Fsp3) is 0.533. The molecular weight excluding hydrogens is 340 g/mol. The van der Waals surface area contributed by atoms with Gasteiger partial charge in [0.05, 0.1) is 0 Å². The van der Waals surface area contributed by atoms with E-state index in [4.69, 9.17) is 11.6 Å². The highest BCUT2D eigenvalue weighted by atomic mass is 79.9. The third kappa shape index (κ3) is 3.54. The molecule has 0 bridgehead atoms. The minimum atomic E-state index is 0.0721. The molecule has 20 heavy (non-hydrogen) atoms. The molecule has 0 aliphatic carbocycles. The number of carbonyl (C=O) groups excluding carboxylic acids is 1. The van der Waals surface area contributed by atoms with Crippen LogP contribution in [0, 0.1) is 0 Å². The minimum Gasteiger partial charge on any atom is -0.337 e. The number of halogens is 2. The van der Waals surface area contributed by atoms with Crippen molar-refractivity contribution in [1.29, 1.82) is 0 Å². The van der Waals surface area contributed by atoms with Gasteiger partial charge in [-0.05, 0) is 37.7 Å². The average Bonchev–Trinajstić information content (AvgIpc) is 2.88. The summed E-state index contributed by atoms with van der Waals surface area (Å²) < 4.78 is 0.841. The molecule has 0 saturated carbocycles. The van der Waals surface area contributed by atoms with Gasteiger partial charge in [-0.3, -0.25) is 9.69 Å². The van der Waals surface area contributed by atoms with E-state index in [0.29, 0.717) is 16.6 Å². The molecule has 110 valence electrons. The van der Waals surface area contributed by atoms with Crippen molar-refractivity contribution in [3.8, 4) is 0 Å². The fourth-order valence-corrected chi connectivity index (χ4v) is 3.68. The summed E-state index contributed by atoms with van der Waals surface area (Å²) in [7, 11) is 0. The Labute approximate surface area is 134 Å². The monoisotopic (exact) mass is 358 g/mol. The zero-order valence-electron chi connectivity index (χ0n) is 11.9. The zero-order valence-corrected chi connectivity index (χ0v) is 14.2. The smallest absolute Gasteiger partial charge is 0.253 e. The molecule has 2 rings (SSSR count). The standard InChI is InChI=1S/C15H20BrClN2O/c1-3-18(4-2)14-5-6-19(10-14)15(20)11-7-12(16)9-13(17)8-11/h7-9,14H,3-6,10H2,1-2H3. The molecule has 0 spiro atoms. The van der Waals surface area contributed by atoms with E-state index in [1.54, 1.807) is 12.1 Å². The van der Waals surface area contributed by atoms with Crippen LogP contribution in [0.2, 0.25) is 5.02 Å². The van der Waals surface area contributed by atoms with Crippen molar-refractivity contribution in [2.45, 2.75) is 26.3 Å². The van der Waals surface area contributed by atoms with Gasteiger partial charge in [-0.15, -0.1) is 0 Å². The molecule has 1 atom stereocenters. The van der Waals surface area contributed by atoms with Crippen molar-refractivity contribution in [3.05, 3.63) is 33.3 Å². The second-order valence-corrected chi connectivity index (χ2v) is 6.43. The number of likely N-dealkylation sites (N-methyl/N-ethyl adjacent to an activating group) is 1. The van der Waals surface area contributed by atoms with Gasteiger partial charge in [0.2, 0.25) is 0 Å². The first-order valence-electron chi connectivity index (χ1n) is 7.04. The van der Waals surface area contributed by atoms with Crippen LogP contribution in [0.15, 0.2) is 22.7 Å². The van der Waals surface area contributed by atoms with E-state index in [9.17, 15) is 4.79 Å². The predicted octanol–water partition coefficient (Wildman–Crippen LogP) is 3.66. The number of hydrogen-bond donors (Lipinski definition) is 0. The number of benzene rings is 1. The van der Waals surface area contributed by atoms with Gasteiger partial charge in [0, 0.05) is 34.2 Å². The first kappa shape index (κ1) is 15.8. The number of amides is 1. The maximum Gasteiger partial charge on any atom is 0.253 e. The van der Waals surface area contributed by atoms with Crippen LogP contribution < -0.4 is 0 Å². The first-order valence-corrected chi connectivity index (χ1v) is 8.21. The molecule has 5 heteroatoms. The van der Waals surface area contributed by atoms with E-state index >= 15 is 0 Å². The quantitative estimate of drug-likeness (QED) is 0.819. The van der Waals surface area contributed by atoms with Gasteiger partial charge in [-0.2, -0.15) is 0 Å². The lowest BCUT2D eigenvalue weighted by Gasteiger charge is -2.26. The summed E-state index contributed by atoms with van der Waals surface area (Å²) in [5.41, 5.74) is 0.657. The Balaban J connectivity index is 2.07. The lowest BCUT2D eigenvalue weighted by molar-refractivity contribution is 0.0778. The van der Waals surface area contributed by atoms with Crippen LogP contribution in [0.4, 0.5) is 0 Å². The van der Waals surface area contributed by atoms with Crippen molar-refractivity contribution >= 4 is 33.4 Å². The molecule has 1 amide bonds. The molecule has 1 aliphatic rings. The normalized spacial score (nSPS) is 18.9. The molecule has 1 unspecified atom stereocenters. The lowest BCUT2D eigenvalue weighted by Crippen LogP contribution is -2.38. The van der Waals surface area contributed by atoms with E-state index in [2.05, 4.69) is 34.7 Å². The third-order valence-corrected chi connectivity index (χ3v) is 4.56. The van der Waals surface area contributed by atoms with E-state index in [1.807, 2.05) is 11.0 Å². The van der Waals surface area contributed by atoms with Crippen molar-refractivity contribution in [2.24, 2.45) is 0 Å². The molecule has 1 saturated heterocycles. The number of rotatable bonds is 4. The van der Waals surface area contributed by atoms with Gasteiger partial charge in [0.25, 0.3) is 5.91 Å². The first-order chi connectivity index (χ1) is 9.55. The van der Waals surface area contributed by atoms with Crippen LogP contribution in [0.1, 0.15) is 30.6 Å². The summed E-state index contributed by atoms with van der Waals surface area (Å²) in [5.74, 6) is 0.0721. The van der Waals surface area contributed by atoms with Crippen LogP contribution in [0.5, 0.6) is 0 Å². The highest BCUT2D eigenvalue weighted by molar-refractivity contribution is 9.10. The largest absolute Gasteiger partial charge is 0.337 e. The minimum absolute atomic E-state index is 0.0721. The third-order valence-electron chi connectivity index (χ3n) is 3.89. The molecule has 1 aliphatic heterocycles. The van der Waals surface area contributed by atoms with Gasteiger partial charge < -0.3 is 4.90 Å². The Morgan fingerprint density at radius 1 is 1.40 bits per heavy atom. The van der Waals surface area contributed by atoms with Crippen LogP contribution in [-0.4, -0.2) is 47.9 Å². The van der Waals surface area contributed by atoms with Gasteiger partial charge in [-0.1, -0.05) is 41.4 Å². The van der Waals surface area contributed by atoms with E-state index < -0.39 is 0 Å². The van der Waals surface area contributed by atoms with Crippen LogP contribution in [0.3, 0.4) is 0 Å². The number of carbonyl (C=O) groups is 1. The SMILES string of the molecule is CCN(CC)C1CCN(C(=O)c2cc(Cl)cc(Br)c2)C1. The molecule has 1 aromatic carbocycles. The molecule has 0 N–H and O–H groups in total.